The van der Waals surface area contributed by atoms with Crippen molar-refractivity contribution in [2.24, 2.45) is 0 Å². The van der Waals surface area contributed by atoms with Crippen LogP contribution in [0.4, 0.5) is 5.69 Å². The number of pyridine rings is 1. The minimum absolute atomic E-state index is 0.0562. The van der Waals surface area contributed by atoms with E-state index in [1.165, 1.54) is 39.1 Å². The van der Waals surface area contributed by atoms with Crippen molar-refractivity contribution in [3.05, 3.63) is 77.8 Å². The quantitative estimate of drug-likeness (QED) is 0.460. The summed E-state index contributed by atoms with van der Waals surface area (Å²) in [5.41, 5.74) is 7.75. The van der Waals surface area contributed by atoms with Gasteiger partial charge in [0, 0.05) is 54.5 Å². The maximum Gasteiger partial charge on any atom is 0.218 e. The van der Waals surface area contributed by atoms with E-state index < -0.39 is 0 Å². The van der Waals surface area contributed by atoms with Crippen molar-refractivity contribution in [2.45, 2.75) is 73.0 Å². The molecular formula is C28H36N3+. The summed E-state index contributed by atoms with van der Waals surface area (Å²) in [6.07, 6.45) is 4.76. The van der Waals surface area contributed by atoms with Gasteiger partial charge in [-0.3, -0.25) is 0 Å². The lowest BCUT2D eigenvalue weighted by Crippen LogP contribution is -2.41. The van der Waals surface area contributed by atoms with Gasteiger partial charge in [-0.15, -0.1) is 0 Å². The van der Waals surface area contributed by atoms with Crippen molar-refractivity contribution in [1.29, 1.82) is 0 Å². The van der Waals surface area contributed by atoms with Gasteiger partial charge in [0.15, 0.2) is 5.69 Å². The van der Waals surface area contributed by atoms with Gasteiger partial charge in [0.1, 0.15) is 6.17 Å². The normalized spacial score (nSPS) is 16.7. The third-order valence-corrected chi connectivity index (χ3v) is 6.60. The van der Waals surface area contributed by atoms with Crippen LogP contribution in [-0.4, -0.2) is 17.1 Å². The zero-order valence-electron chi connectivity index (χ0n) is 20.3. The van der Waals surface area contributed by atoms with Crippen molar-refractivity contribution in [1.82, 2.24) is 4.90 Å². The largest absolute Gasteiger partial charge is 0.353 e. The number of anilines is 1. The summed E-state index contributed by atoms with van der Waals surface area (Å²) in [5, 5.41) is 1.26. The number of aromatic nitrogens is 1. The summed E-state index contributed by atoms with van der Waals surface area (Å²) < 4.78 is 2.42. The number of fused-ring (bicyclic) bond motifs is 1. The van der Waals surface area contributed by atoms with Gasteiger partial charge >= 0.3 is 0 Å². The first-order valence-corrected chi connectivity index (χ1v) is 11.4. The molecule has 3 nitrogen and oxygen atoms in total. The predicted octanol–water partition coefficient (Wildman–Crippen LogP) is 6.38. The fraction of sp³-hybridized carbons (Fsp3) is 0.393. The molecule has 4 rings (SSSR count). The molecule has 0 radical (unpaired) electrons. The molecule has 0 unspecified atom stereocenters. The molecule has 1 atom stereocenters. The molecule has 3 aromatic rings. The van der Waals surface area contributed by atoms with Crippen LogP contribution in [0.5, 0.6) is 0 Å². The number of nitrogens with zero attached hydrogens (tertiary/aromatic N) is 3. The molecule has 3 heteroatoms. The van der Waals surface area contributed by atoms with Gasteiger partial charge < -0.3 is 9.80 Å². The van der Waals surface area contributed by atoms with E-state index in [1.807, 2.05) is 0 Å². The molecule has 0 saturated heterocycles. The molecule has 31 heavy (non-hydrogen) atoms. The van der Waals surface area contributed by atoms with E-state index in [0.717, 1.165) is 0 Å². The molecule has 1 aliphatic rings. The molecular weight excluding hydrogens is 378 g/mol. The minimum atomic E-state index is 0.0562. The second kappa shape index (κ2) is 7.71. The van der Waals surface area contributed by atoms with Crippen LogP contribution in [0.25, 0.3) is 16.6 Å². The van der Waals surface area contributed by atoms with E-state index in [-0.39, 0.29) is 5.41 Å². The van der Waals surface area contributed by atoms with E-state index in [2.05, 4.69) is 131 Å². The van der Waals surface area contributed by atoms with Crippen LogP contribution in [0.15, 0.2) is 60.9 Å². The molecule has 1 aliphatic heterocycles. The van der Waals surface area contributed by atoms with E-state index >= 15 is 0 Å². The molecule has 0 aliphatic carbocycles. The van der Waals surface area contributed by atoms with Crippen LogP contribution in [-0.2, 0) is 5.41 Å². The summed E-state index contributed by atoms with van der Waals surface area (Å²) in [7, 11) is 0. The monoisotopic (exact) mass is 414 g/mol. The van der Waals surface area contributed by atoms with E-state index in [4.69, 9.17) is 0 Å². The number of hydrogen-bond acceptors (Lipinski definition) is 2. The summed E-state index contributed by atoms with van der Waals surface area (Å²) >= 11 is 0. The Morgan fingerprint density at radius 1 is 0.935 bits per heavy atom. The third kappa shape index (κ3) is 3.71. The van der Waals surface area contributed by atoms with Crippen molar-refractivity contribution < 1.29 is 4.57 Å². The fourth-order valence-corrected chi connectivity index (χ4v) is 4.67. The Balaban J connectivity index is 1.99. The highest BCUT2D eigenvalue weighted by Crippen LogP contribution is 2.36. The molecule has 0 spiro atoms. The van der Waals surface area contributed by atoms with Crippen LogP contribution in [0.3, 0.4) is 0 Å². The first kappa shape index (κ1) is 21.4. The second-order valence-corrected chi connectivity index (χ2v) is 10.1. The predicted molar refractivity (Wildman–Crippen MR) is 132 cm³/mol. The number of hydrogen-bond donors (Lipinski definition) is 0. The maximum absolute atomic E-state index is 2.43. The second-order valence-electron chi connectivity index (χ2n) is 10.1. The number of benzene rings is 2. The van der Waals surface area contributed by atoms with Gasteiger partial charge in [-0.05, 0) is 56.9 Å². The number of aryl methyl sites for hydroxylation is 1. The Morgan fingerprint density at radius 2 is 1.65 bits per heavy atom. The first-order valence-electron chi connectivity index (χ1n) is 11.4. The van der Waals surface area contributed by atoms with Crippen LogP contribution in [0.1, 0.15) is 58.4 Å². The zero-order chi connectivity index (χ0) is 22.5. The summed E-state index contributed by atoms with van der Waals surface area (Å²) in [5.74, 6) is 0. The highest BCUT2D eigenvalue weighted by Gasteiger charge is 2.31. The topological polar surface area (TPSA) is 10.4 Å². The Kier molecular flexibility index (Phi) is 5.33. The smallest absolute Gasteiger partial charge is 0.218 e. The minimum Gasteiger partial charge on any atom is -0.353 e. The lowest BCUT2D eigenvalue weighted by atomic mass is 9.85. The maximum atomic E-state index is 2.43. The number of rotatable bonds is 3. The Morgan fingerprint density at radius 3 is 2.29 bits per heavy atom. The molecule has 2 heterocycles. The van der Waals surface area contributed by atoms with Crippen molar-refractivity contribution >= 4 is 16.6 Å². The zero-order valence-corrected chi connectivity index (χ0v) is 20.3. The average molecular weight is 415 g/mol. The van der Waals surface area contributed by atoms with E-state index in [0.29, 0.717) is 12.2 Å². The van der Waals surface area contributed by atoms with Crippen molar-refractivity contribution in [2.75, 3.05) is 4.90 Å². The van der Waals surface area contributed by atoms with Gasteiger partial charge in [-0.2, -0.15) is 4.57 Å². The van der Waals surface area contributed by atoms with E-state index in [9.17, 15) is 0 Å². The molecule has 0 N–H and O–H groups in total. The highest BCUT2D eigenvalue weighted by atomic mass is 15.4. The summed E-state index contributed by atoms with van der Waals surface area (Å²) in [4.78, 5) is 4.84. The van der Waals surface area contributed by atoms with Crippen molar-refractivity contribution in [3.8, 4) is 5.69 Å². The van der Waals surface area contributed by atoms with Crippen LogP contribution in [0, 0.1) is 13.8 Å². The molecule has 0 saturated carbocycles. The highest BCUT2D eigenvalue weighted by molar-refractivity contribution is 5.76. The Hall–Kier alpha value is -2.81. The fourth-order valence-electron chi connectivity index (χ4n) is 4.67. The molecule has 0 fully saturated rings. The standard InChI is InChI=1S/C28H36N3/c1-19(2)29-15-16-30(22(29)5)26-17-24(28(6,7)8)18-27(21(26)4)31-20(3)13-14-23-11-9-10-12-25(23)31/h9-19,22H,1-8H3/q+1/t22-/m1/s1. The van der Waals surface area contributed by atoms with E-state index in [1.54, 1.807) is 0 Å². The molecule has 1 aromatic heterocycles. The summed E-state index contributed by atoms with van der Waals surface area (Å²) in [6, 6.07) is 18.4. The lowest BCUT2D eigenvalue weighted by Gasteiger charge is -2.34. The van der Waals surface area contributed by atoms with Crippen LogP contribution >= 0.6 is 0 Å². The molecule has 0 bridgehead atoms. The average Bonchev–Trinajstić information content (AvgIpc) is 3.09. The van der Waals surface area contributed by atoms with Gasteiger partial charge in [0.25, 0.3) is 0 Å². The van der Waals surface area contributed by atoms with Gasteiger partial charge in [0.2, 0.25) is 11.2 Å². The molecule has 0 amide bonds. The summed E-state index contributed by atoms with van der Waals surface area (Å²) in [6.45, 7) is 18.2. The molecule has 162 valence electrons. The Labute approximate surface area is 187 Å². The van der Waals surface area contributed by atoms with Crippen molar-refractivity contribution in [3.63, 3.8) is 0 Å². The first-order chi connectivity index (χ1) is 14.6. The number of para-hydroxylation sites is 1. The van der Waals surface area contributed by atoms with Gasteiger partial charge in [-0.25, -0.2) is 0 Å². The third-order valence-electron chi connectivity index (χ3n) is 6.60. The van der Waals surface area contributed by atoms with Crippen LogP contribution < -0.4 is 9.47 Å². The van der Waals surface area contributed by atoms with Gasteiger partial charge in [-0.1, -0.05) is 32.9 Å². The van der Waals surface area contributed by atoms with Crippen LogP contribution in [0.2, 0.25) is 0 Å². The molecule has 2 aromatic carbocycles. The lowest BCUT2D eigenvalue weighted by molar-refractivity contribution is -0.574. The Bertz CT molecular complexity index is 1150. The SMILES string of the molecule is Cc1c(N2C=CN(C(C)C)[C@H]2C)cc(C(C)(C)C)cc1-[n+]1c(C)ccc2ccccc21. The van der Waals surface area contributed by atoms with Gasteiger partial charge in [0.05, 0.1) is 5.69 Å².